The first-order valence-electron chi connectivity index (χ1n) is 8.58. The predicted octanol–water partition coefficient (Wildman–Crippen LogP) is 0.527. The molecule has 8 heteroatoms. The number of carbonyl (C=O) groups excluding carboxylic acids is 1. The van der Waals surface area contributed by atoms with Gasteiger partial charge in [-0.05, 0) is 7.05 Å². The molecule has 2 fully saturated rings. The van der Waals surface area contributed by atoms with Crippen LogP contribution in [-0.4, -0.2) is 81.7 Å². The van der Waals surface area contributed by atoms with Crippen LogP contribution < -0.4 is 15.0 Å². The molecule has 2 saturated heterocycles. The second kappa shape index (κ2) is 7.97. The lowest BCUT2D eigenvalue weighted by molar-refractivity contribution is -0.135. The van der Waals surface area contributed by atoms with Crippen LogP contribution in [0.2, 0.25) is 0 Å². The molecular formula is C17H24F2N4O2. The zero-order valence-electron chi connectivity index (χ0n) is 14.4. The molecule has 2 heterocycles. The molecule has 0 atom stereocenters. The average molecular weight is 354 g/mol. The summed E-state index contributed by atoms with van der Waals surface area (Å²) in [5, 5.41) is 3.15. The van der Waals surface area contributed by atoms with E-state index in [9.17, 15) is 13.6 Å². The van der Waals surface area contributed by atoms with Crippen molar-refractivity contribution in [1.82, 2.24) is 15.1 Å². The van der Waals surface area contributed by atoms with Crippen LogP contribution in [0.1, 0.15) is 0 Å². The minimum atomic E-state index is -0.618. The maximum atomic E-state index is 14.3. The van der Waals surface area contributed by atoms with Gasteiger partial charge in [-0.2, -0.15) is 0 Å². The van der Waals surface area contributed by atoms with E-state index in [1.165, 1.54) is 12.1 Å². The van der Waals surface area contributed by atoms with E-state index < -0.39 is 11.6 Å². The van der Waals surface area contributed by atoms with Crippen LogP contribution in [-0.2, 0) is 4.79 Å². The molecule has 0 bridgehead atoms. The summed E-state index contributed by atoms with van der Waals surface area (Å²) in [6, 6.07) is 2.43. The largest absolute Gasteiger partial charge is 0.492 e. The molecule has 0 saturated carbocycles. The number of hydrogen-bond acceptors (Lipinski definition) is 5. The van der Waals surface area contributed by atoms with E-state index in [0.717, 1.165) is 6.54 Å². The summed E-state index contributed by atoms with van der Waals surface area (Å²) in [5.41, 5.74) is 0.00287. The van der Waals surface area contributed by atoms with E-state index >= 15 is 0 Å². The van der Waals surface area contributed by atoms with Crippen molar-refractivity contribution in [3.8, 4) is 5.75 Å². The van der Waals surface area contributed by atoms with Crippen LogP contribution in [0.25, 0.3) is 0 Å². The Balaban J connectivity index is 1.57. The zero-order chi connectivity index (χ0) is 17.8. The number of anilines is 1. The number of hydrogen-bond donors (Lipinski definition) is 1. The number of nitrogens with zero attached hydrogens (tertiary/aromatic N) is 3. The molecule has 1 amide bonds. The topological polar surface area (TPSA) is 48.1 Å². The highest BCUT2D eigenvalue weighted by Crippen LogP contribution is 2.28. The summed E-state index contributed by atoms with van der Waals surface area (Å²) < 4.78 is 34.1. The minimum Gasteiger partial charge on any atom is -0.492 e. The third-order valence-electron chi connectivity index (χ3n) is 4.56. The van der Waals surface area contributed by atoms with Crippen molar-refractivity contribution < 1.29 is 18.3 Å². The van der Waals surface area contributed by atoms with Gasteiger partial charge in [0.2, 0.25) is 5.91 Å². The molecule has 1 aromatic rings. The molecule has 0 radical (unpaired) electrons. The fraction of sp³-hybridized carbons (Fsp3) is 0.588. The summed E-state index contributed by atoms with van der Waals surface area (Å²) in [6.45, 7) is 5.02. The molecule has 3 rings (SSSR count). The fourth-order valence-corrected chi connectivity index (χ4v) is 3.15. The number of carbonyl (C=O) groups is 1. The highest BCUT2D eigenvalue weighted by atomic mass is 19.1. The lowest BCUT2D eigenvalue weighted by Gasteiger charge is -2.32. The monoisotopic (exact) mass is 354 g/mol. The second-order valence-corrected chi connectivity index (χ2v) is 6.44. The quantitative estimate of drug-likeness (QED) is 0.836. The molecule has 25 heavy (non-hydrogen) atoms. The number of halogens is 2. The lowest BCUT2D eigenvalue weighted by Crippen LogP contribution is -2.49. The normalized spacial score (nSPS) is 19.4. The van der Waals surface area contributed by atoms with Crippen LogP contribution in [0.15, 0.2) is 12.1 Å². The van der Waals surface area contributed by atoms with E-state index in [-0.39, 0.29) is 24.0 Å². The molecule has 1 aromatic carbocycles. The molecule has 0 unspecified atom stereocenters. The summed E-state index contributed by atoms with van der Waals surface area (Å²) >= 11 is 0. The molecule has 2 aliphatic heterocycles. The van der Waals surface area contributed by atoms with E-state index in [0.29, 0.717) is 45.8 Å². The van der Waals surface area contributed by atoms with Gasteiger partial charge in [-0.3, -0.25) is 9.69 Å². The van der Waals surface area contributed by atoms with Crippen LogP contribution >= 0.6 is 0 Å². The molecule has 6 nitrogen and oxygen atoms in total. The van der Waals surface area contributed by atoms with Crippen molar-refractivity contribution in [1.29, 1.82) is 0 Å². The van der Waals surface area contributed by atoms with Gasteiger partial charge in [0.15, 0.2) is 11.6 Å². The Morgan fingerprint density at radius 1 is 1.12 bits per heavy atom. The molecule has 1 N–H and O–H groups in total. The summed E-state index contributed by atoms with van der Waals surface area (Å²) in [5.74, 6) is -1.04. The fourth-order valence-electron chi connectivity index (χ4n) is 3.15. The highest BCUT2D eigenvalue weighted by molar-refractivity contribution is 5.78. The van der Waals surface area contributed by atoms with Gasteiger partial charge in [-0.1, -0.05) is 0 Å². The minimum absolute atomic E-state index is 0.00287. The molecule has 0 aromatic heterocycles. The average Bonchev–Trinajstić information content (AvgIpc) is 2.57. The standard InChI is InChI=1S/C17H24F2N4O2/c1-21-6-7-22(16(24)12-21)8-9-25-13-10-14(18)17(15(19)11-13)23-4-2-20-3-5-23/h10-11,20H,2-9,12H2,1H3. The van der Waals surface area contributed by atoms with Gasteiger partial charge in [-0.15, -0.1) is 0 Å². The number of rotatable bonds is 5. The van der Waals surface area contributed by atoms with Crippen molar-refractivity contribution >= 4 is 11.6 Å². The maximum Gasteiger partial charge on any atom is 0.236 e. The SMILES string of the molecule is CN1CCN(CCOc2cc(F)c(N3CCNCC3)c(F)c2)C(=O)C1. The highest BCUT2D eigenvalue weighted by Gasteiger charge is 2.22. The van der Waals surface area contributed by atoms with Crippen molar-refractivity contribution in [3.05, 3.63) is 23.8 Å². The Morgan fingerprint density at radius 3 is 2.44 bits per heavy atom. The van der Waals surface area contributed by atoms with Crippen molar-refractivity contribution in [2.75, 3.05) is 70.9 Å². The summed E-state index contributed by atoms with van der Waals surface area (Å²) in [6.07, 6.45) is 0. The van der Waals surface area contributed by atoms with Crippen LogP contribution in [0.4, 0.5) is 14.5 Å². The number of nitrogens with one attached hydrogen (secondary N) is 1. The predicted molar refractivity (Wildman–Crippen MR) is 91.0 cm³/mol. The molecule has 0 spiro atoms. The number of benzene rings is 1. The van der Waals surface area contributed by atoms with Crippen molar-refractivity contribution in [2.24, 2.45) is 0 Å². The third-order valence-corrected chi connectivity index (χ3v) is 4.56. The Kier molecular flexibility index (Phi) is 5.70. The molecule has 2 aliphatic rings. The van der Waals surface area contributed by atoms with Gasteiger partial charge in [0.1, 0.15) is 18.0 Å². The summed E-state index contributed by atoms with van der Waals surface area (Å²) in [4.78, 5) is 17.2. The Bertz CT molecular complexity index is 600. The zero-order valence-corrected chi connectivity index (χ0v) is 14.4. The lowest BCUT2D eigenvalue weighted by atomic mass is 10.2. The first-order valence-corrected chi connectivity index (χ1v) is 8.58. The second-order valence-electron chi connectivity index (χ2n) is 6.44. The third kappa shape index (κ3) is 4.38. The van der Waals surface area contributed by atoms with Crippen LogP contribution in [0, 0.1) is 11.6 Å². The first kappa shape index (κ1) is 17.9. The van der Waals surface area contributed by atoms with Gasteiger partial charge in [0.25, 0.3) is 0 Å². The van der Waals surface area contributed by atoms with Crippen LogP contribution in [0.5, 0.6) is 5.75 Å². The molecule has 138 valence electrons. The number of likely N-dealkylation sites (N-methyl/N-ethyl adjacent to an activating group) is 1. The number of amides is 1. The Morgan fingerprint density at radius 2 is 1.80 bits per heavy atom. The first-order chi connectivity index (χ1) is 12.0. The van der Waals surface area contributed by atoms with E-state index in [2.05, 4.69) is 5.32 Å². The van der Waals surface area contributed by atoms with E-state index in [1.54, 1.807) is 9.80 Å². The van der Waals surface area contributed by atoms with Gasteiger partial charge >= 0.3 is 0 Å². The van der Waals surface area contributed by atoms with Crippen molar-refractivity contribution in [2.45, 2.75) is 0 Å². The van der Waals surface area contributed by atoms with Crippen molar-refractivity contribution in [3.63, 3.8) is 0 Å². The van der Waals surface area contributed by atoms with Gasteiger partial charge in [0.05, 0.1) is 13.1 Å². The van der Waals surface area contributed by atoms with Gasteiger partial charge in [-0.25, -0.2) is 8.78 Å². The van der Waals surface area contributed by atoms with E-state index in [4.69, 9.17) is 4.74 Å². The smallest absolute Gasteiger partial charge is 0.236 e. The van der Waals surface area contributed by atoms with Gasteiger partial charge in [0, 0.05) is 51.4 Å². The Hall–Kier alpha value is -1.93. The Labute approximate surface area is 146 Å². The van der Waals surface area contributed by atoms with Gasteiger partial charge < -0.3 is 19.9 Å². The van der Waals surface area contributed by atoms with E-state index in [1.807, 2.05) is 11.9 Å². The molecule has 0 aliphatic carbocycles. The molecular weight excluding hydrogens is 330 g/mol. The number of ether oxygens (including phenoxy) is 1. The summed E-state index contributed by atoms with van der Waals surface area (Å²) in [7, 11) is 1.90. The number of piperazine rings is 2. The van der Waals surface area contributed by atoms with Crippen LogP contribution in [0.3, 0.4) is 0 Å². The maximum absolute atomic E-state index is 14.3.